The van der Waals surface area contributed by atoms with Gasteiger partial charge in [-0.2, -0.15) is 0 Å². The average Bonchev–Trinajstić information content (AvgIpc) is 3.30. The maximum atomic E-state index is 9.99. The highest BCUT2D eigenvalue weighted by Crippen LogP contribution is 2.31. The first-order chi connectivity index (χ1) is 9.80. The van der Waals surface area contributed by atoms with Gasteiger partial charge in [0.05, 0.1) is 12.1 Å². The molecule has 0 saturated heterocycles. The zero-order chi connectivity index (χ0) is 14.3. The van der Waals surface area contributed by atoms with E-state index in [2.05, 4.69) is 24.4 Å². The highest BCUT2D eigenvalue weighted by molar-refractivity contribution is 5.25. The predicted octanol–water partition coefficient (Wildman–Crippen LogP) is 2.83. The molecule has 0 bridgehead atoms. The molecule has 0 spiro atoms. The summed E-state index contributed by atoms with van der Waals surface area (Å²) in [6.07, 6.45) is 5.50. The van der Waals surface area contributed by atoms with Gasteiger partial charge >= 0.3 is 0 Å². The molecule has 1 aromatic carbocycles. The van der Waals surface area contributed by atoms with Crippen molar-refractivity contribution in [3.05, 3.63) is 35.9 Å². The van der Waals surface area contributed by atoms with Gasteiger partial charge in [-0.15, -0.1) is 0 Å². The zero-order valence-electron chi connectivity index (χ0n) is 12.5. The average molecular weight is 277 g/mol. The molecule has 1 atom stereocenters. The molecular formula is C17H27NO2. The summed E-state index contributed by atoms with van der Waals surface area (Å²) >= 11 is 0. The highest BCUT2D eigenvalue weighted by atomic mass is 16.5. The summed E-state index contributed by atoms with van der Waals surface area (Å²) in [4.78, 5) is 0. The standard InChI is InChI=1S/C17H27NO2/c1-2-3-12-20-13-11-17(14-19,18-16-9-10-16)15-7-5-4-6-8-15/h4-8,16,18-19H,2-3,9-14H2,1H3. The lowest BCUT2D eigenvalue weighted by Crippen LogP contribution is -2.47. The molecule has 1 aliphatic rings. The fraction of sp³-hybridized carbons (Fsp3) is 0.647. The first-order valence-electron chi connectivity index (χ1n) is 7.82. The van der Waals surface area contributed by atoms with Gasteiger partial charge in [-0.3, -0.25) is 0 Å². The molecule has 0 heterocycles. The van der Waals surface area contributed by atoms with Gasteiger partial charge in [-0.05, 0) is 31.2 Å². The largest absolute Gasteiger partial charge is 0.394 e. The Balaban J connectivity index is 1.98. The minimum absolute atomic E-state index is 0.116. The number of ether oxygens (including phenoxy) is 1. The van der Waals surface area contributed by atoms with E-state index in [9.17, 15) is 5.11 Å². The molecule has 3 heteroatoms. The van der Waals surface area contributed by atoms with Crippen molar-refractivity contribution in [3.63, 3.8) is 0 Å². The molecular weight excluding hydrogens is 250 g/mol. The van der Waals surface area contributed by atoms with Crippen LogP contribution in [0.4, 0.5) is 0 Å². The fourth-order valence-corrected chi connectivity index (χ4v) is 2.49. The molecule has 0 amide bonds. The molecule has 1 aromatic rings. The molecule has 1 aliphatic carbocycles. The summed E-state index contributed by atoms with van der Waals surface area (Å²) in [5.74, 6) is 0. The molecule has 1 saturated carbocycles. The maximum absolute atomic E-state index is 9.99. The van der Waals surface area contributed by atoms with Crippen LogP contribution >= 0.6 is 0 Å². The zero-order valence-corrected chi connectivity index (χ0v) is 12.5. The number of benzene rings is 1. The van der Waals surface area contributed by atoms with E-state index in [0.717, 1.165) is 31.4 Å². The monoisotopic (exact) mass is 277 g/mol. The second-order valence-electron chi connectivity index (χ2n) is 5.74. The van der Waals surface area contributed by atoms with Crippen molar-refractivity contribution in [2.24, 2.45) is 0 Å². The number of hydrogen-bond acceptors (Lipinski definition) is 3. The third-order valence-electron chi connectivity index (χ3n) is 3.97. The summed E-state index contributed by atoms with van der Waals surface area (Å²) in [6.45, 7) is 3.79. The predicted molar refractivity (Wildman–Crippen MR) is 81.7 cm³/mol. The van der Waals surface area contributed by atoms with E-state index in [1.54, 1.807) is 0 Å². The summed E-state index contributed by atoms with van der Waals surface area (Å²) in [7, 11) is 0. The van der Waals surface area contributed by atoms with E-state index in [1.165, 1.54) is 12.8 Å². The van der Waals surface area contributed by atoms with Crippen LogP contribution in [0.25, 0.3) is 0 Å². The Morgan fingerprint density at radius 2 is 2.00 bits per heavy atom. The van der Waals surface area contributed by atoms with Crippen molar-refractivity contribution in [2.75, 3.05) is 19.8 Å². The van der Waals surface area contributed by atoms with E-state index in [4.69, 9.17) is 4.74 Å². The van der Waals surface area contributed by atoms with Crippen molar-refractivity contribution >= 4 is 0 Å². The first kappa shape index (κ1) is 15.5. The van der Waals surface area contributed by atoms with E-state index >= 15 is 0 Å². The van der Waals surface area contributed by atoms with Gasteiger partial charge in [-0.1, -0.05) is 43.7 Å². The van der Waals surface area contributed by atoms with Crippen LogP contribution in [0.15, 0.2) is 30.3 Å². The molecule has 2 rings (SSSR count). The van der Waals surface area contributed by atoms with Crippen LogP contribution in [0.1, 0.15) is 44.6 Å². The summed E-state index contributed by atoms with van der Waals surface area (Å²) < 4.78 is 5.70. The van der Waals surface area contributed by atoms with Crippen LogP contribution < -0.4 is 5.32 Å². The second-order valence-corrected chi connectivity index (χ2v) is 5.74. The van der Waals surface area contributed by atoms with Crippen LogP contribution in [-0.4, -0.2) is 31.0 Å². The minimum atomic E-state index is -0.353. The van der Waals surface area contributed by atoms with Crippen LogP contribution in [0.3, 0.4) is 0 Å². The molecule has 112 valence electrons. The lowest BCUT2D eigenvalue weighted by Gasteiger charge is -2.34. The Morgan fingerprint density at radius 1 is 1.25 bits per heavy atom. The van der Waals surface area contributed by atoms with Crippen molar-refractivity contribution in [1.82, 2.24) is 5.32 Å². The van der Waals surface area contributed by atoms with Crippen LogP contribution in [0.5, 0.6) is 0 Å². The number of hydrogen-bond donors (Lipinski definition) is 2. The third kappa shape index (κ3) is 4.30. The van der Waals surface area contributed by atoms with Crippen molar-refractivity contribution in [3.8, 4) is 0 Å². The van der Waals surface area contributed by atoms with Gasteiger partial charge in [0, 0.05) is 19.3 Å². The SMILES string of the molecule is CCCCOCCC(CO)(NC1CC1)c1ccccc1. The Kier molecular flexibility index (Phi) is 6.02. The third-order valence-corrected chi connectivity index (χ3v) is 3.97. The first-order valence-corrected chi connectivity index (χ1v) is 7.82. The molecule has 0 radical (unpaired) electrons. The van der Waals surface area contributed by atoms with Crippen LogP contribution in [-0.2, 0) is 10.3 Å². The minimum Gasteiger partial charge on any atom is -0.394 e. The Hall–Kier alpha value is -0.900. The van der Waals surface area contributed by atoms with Gasteiger partial charge in [0.2, 0.25) is 0 Å². The van der Waals surface area contributed by atoms with Crippen molar-refractivity contribution in [1.29, 1.82) is 0 Å². The topological polar surface area (TPSA) is 41.5 Å². The van der Waals surface area contributed by atoms with E-state index in [-0.39, 0.29) is 12.1 Å². The smallest absolute Gasteiger partial charge is 0.0693 e. The quantitative estimate of drug-likeness (QED) is 0.646. The Labute approximate surface area is 122 Å². The normalized spacial score (nSPS) is 17.9. The number of rotatable bonds is 10. The van der Waals surface area contributed by atoms with Crippen LogP contribution in [0, 0.1) is 0 Å². The number of unbranched alkanes of at least 4 members (excludes halogenated alkanes) is 1. The van der Waals surface area contributed by atoms with Gasteiger partial charge in [0.25, 0.3) is 0 Å². The molecule has 0 aromatic heterocycles. The fourth-order valence-electron chi connectivity index (χ4n) is 2.49. The molecule has 1 fully saturated rings. The molecule has 20 heavy (non-hydrogen) atoms. The van der Waals surface area contributed by atoms with Gasteiger partial charge in [0.15, 0.2) is 0 Å². The summed E-state index contributed by atoms with van der Waals surface area (Å²) in [5.41, 5.74) is 0.808. The van der Waals surface area contributed by atoms with Crippen molar-refractivity contribution < 1.29 is 9.84 Å². The number of aliphatic hydroxyl groups excluding tert-OH is 1. The Morgan fingerprint density at radius 3 is 2.60 bits per heavy atom. The lowest BCUT2D eigenvalue weighted by atomic mass is 9.87. The number of nitrogens with one attached hydrogen (secondary N) is 1. The van der Waals surface area contributed by atoms with E-state index in [1.807, 2.05) is 18.2 Å². The number of aliphatic hydroxyl groups is 1. The van der Waals surface area contributed by atoms with Gasteiger partial charge in [0.1, 0.15) is 0 Å². The molecule has 0 aliphatic heterocycles. The maximum Gasteiger partial charge on any atom is 0.0693 e. The molecule has 1 unspecified atom stereocenters. The molecule has 3 nitrogen and oxygen atoms in total. The van der Waals surface area contributed by atoms with E-state index < -0.39 is 0 Å². The second kappa shape index (κ2) is 7.77. The Bertz CT molecular complexity index is 378. The highest BCUT2D eigenvalue weighted by Gasteiger charge is 2.36. The molecule has 2 N–H and O–H groups in total. The summed E-state index contributed by atoms with van der Waals surface area (Å²) in [6, 6.07) is 10.8. The van der Waals surface area contributed by atoms with E-state index in [0.29, 0.717) is 12.6 Å². The van der Waals surface area contributed by atoms with Crippen molar-refractivity contribution in [2.45, 2.75) is 50.6 Å². The van der Waals surface area contributed by atoms with Gasteiger partial charge < -0.3 is 15.2 Å². The van der Waals surface area contributed by atoms with Crippen LogP contribution in [0.2, 0.25) is 0 Å². The van der Waals surface area contributed by atoms with Gasteiger partial charge in [-0.25, -0.2) is 0 Å². The lowest BCUT2D eigenvalue weighted by molar-refractivity contribution is 0.0764. The summed E-state index contributed by atoms with van der Waals surface area (Å²) in [5, 5.41) is 13.6.